The van der Waals surface area contributed by atoms with Gasteiger partial charge in [-0.3, -0.25) is 0 Å². The van der Waals surface area contributed by atoms with Crippen LogP contribution in [0.2, 0.25) is 5.02 Å². The highest BCUT2D eigenvalue weighted by atomic mass is 35.5. The van der Waals surface area contributed by atoms with Gasteiger partial charge in [0, 0.05) is 30.6 Å². The molecule has 1 unspecified atom stereocenters. The predicted molar refractivity (Wildman–Crippen MR) is 79.3 cm³/mol. The third-order valence-electron chi connectivity index (χ3n) is 4.05. The molecule has 1 aliphatic carbocycles. The Balaban J connectivity index is 1.72. The molecule has 4 nitrogen and oxygen atoms in total. The van der Waals surface area contributed by atoms with Crippen molar-refractivity contribution in [3.63, 3.8) is 0 Å². The van der Waals surface area contributed by atoms with E-state index in [9.17, 15) is 0 Å². The summed E-state index contributed by atoms with van der Waals surface area (Å²) in [6.07, 6.45) is 3.59. The van der Waals surface area contributed by atoms with Crippen LogP contribution in [0.4, 0.5) is 0 Å². The molecule has 5 heteroatoms. The first-order chi connectivity index (χ1) is 9.81. The van der Waals surface area contributed by atoms with Crippen LogP contribution in [0.5, 0.6) is 0 Å². The van der Waals surface area contributed by atoms with Crippen LogP contribution in [-0.2, 0) is 11.2 Å². The number of morpholine rings is 1. The molecule has 0 amide bonds. The van der Waals surface area contributed by atoms with Crippen molar-refractivity contribution < 1.29 is 4.74 Å². The molecule has 1 aromatic heterocycles. The minimum atomic E-state index is 0.230. The number of fused-ring (bicyclic) bond motifs is 1. The van der Waals surface area contributed by atoms with Crippen LogP contribution in [-0.4, -0.2) is 35.4 Å². The number of nitrogens with one attached hydrogen (secondary N) is 1. The Bertz CT molecular complexity index is 629. The summed E-state index contributed by atoms with van der Waals surface area (Å²) in [5, 5.41) is 4.16. The minimum absolute atomic E-state index is 0.230. The van der Waals surface area contributed by atoms with Crippen LogP contribution in [0.3, 0.4) is 0 Å². The molecule has 1 N–H and O–H groups in total. The zero-order valence-corrected chi connectivity index (χ0v) is 12.1. The van der Waals surface area contributed by atoms with Crippen molar-refractivity contribution in [2.45, 2.75) is 31.4 Å². The molecule has 2 aliphatic rings. The molecule has 0 radical (unpaired) electrons. The number of hydrogen-bond acceptors (Lipinski definition) is 3. The molecule has 1 atom stereocenters. The number of rotatable bonds is 3. The molecule has 2 heterocycles. The lowest BCUT2D eigenvalue weighted by Gasteiger charge is -2.23. The molecule has 1 aromatic carbocycles. The maximum atomic E-state index is 6.14. The van der Waals surface area contributed by atoms with Gasteiger partial charge in [-0.2, -0.15) is 0 Å². The Labute approximate surface area is 123 Å². The van der Waals surface area contributed by atoms with Gasteiger partial charge in [-0.1, -0.05) is 11.6 Å². The molecule has 20 heavy (non-hydrogen) atoms. The second kappa shape index (κ2) is 5.02. The third kappa shape index (κ3) is 2.32. The first-order valence-corrected chi connectivity index (χ1v) is 7.68. The second-order valence-electron chi connectivity index (χ2n) is 5.66. The van der Waals surface area contributed by atoms with Gasteiger partial charge in [0.15, 0.2) is 0 Å². The van der Waals surface area contributed by atoms with Gasteiger partial charge in [0.2, 0.25) is 0 Å². The quantitative estimate of drug-likeness (QED) is 0.945. The van der Waals surface area contributed by atoms with Crippen LogP contribution >= 0.6 is 11.6 Å². The lowest BCUT2D eigenvalue weighted by Crippen LogP contribution is -2.40. The molecule has 1 saturated carbocycles. The first-order valence-electron chi connectivity index (χ1n) is 7.30. The van der Waals surface area contributed by atoms with E-state index in [1.807, 2.05) is 18.2 Å². The summed E-state index contributed by atoms with van der Waals surface area (Å²) in [6.45, 7) is 2.65. The Morgan fingerprint density at radius 1 is 1.40 bits per heavy atom. The molecule has 0 bridgehead atoms. The molecular formula is C15H18ClN3O. The van der Waals surface area contributed by atoms with Crippen LogP contribution < -0.4 is 5.32 Å². The fraction of sp³-hybridized carbons (Fsp3) is 0.533. The zero-order chi connectivity index (χ0) is 13.5. The Hall–Kier alpha value is -1.10. The van der Waals surface area contributed by atoms with Gasteiger partial charge in [-0.25, -0.2) is 4.98 Å². The van der Waals surface area contributed by atoms with E-state index in [0.29, 0.717) is 6.04 Å². The number of ether oxygens (including phenoxy) is 1. The number of halogens is 1. The summed E-state index contributed by atoms with van der Waals surface area (Å²) in [5.74, 6) is 1.14. The molecule has 1 aliphatic heterocycles. The lowest BCUT2D eigenvalue weighted by molar-refractivity contribution is 0.0276. The van der Waals surface area contributed by atoms with Crippen molar-refractivity contribution in [1.29, 1.82) is 0 Å². The molecule has 1 saturated heterocycles. The largest absolute Gasteiger partial charge is 0.375 e. The van der Waals surface area contributed by atoms with E-state index >= 15 is 0 Å². The van der Waals surface area contributed by atoms with E-state index < -0.39 is 0 Å². The predicted octanol–water partition coefficient (Wildman–Crippen LogP) is 2.56. The fourth-order valence-electron chi connectivity index (χ4n) is 2.95. The van der Waals surface area contributed by atoms with Crippen molar-refractivity contribution in [3.8, 4) is 0 Å². The van der Waals surface area contributed by atoms with Crippen LogP contribution in [0, 0.1) is 0 Å². The highest BCUT2D eigenvalue weighted by molar-refractivity contribution is 6.31. The normalized spacial score (nSPS) is 23.4. The van der Waals surface area contributed by atoms with Crippen molar-refractivity contribution >= 4 is 22.6 Å². The number of hydrogen-bond donors (Lipinski definition) is 1. The molecular weight excluding hydrogens is 274 g/mol. The van der Waals surface area contributed by atoms with Crippen molar-refractivity contribution in [2.24, 2.45) is 0 Å². The fourth-order valence-corrected chi connectivity index (χ4v) is 3.12. The van der Waals surface area contributed by atoms with Gasteiger partial charge in [0.05, 0.1) is 23.7 Å². The summed E-state index contributed by atoms with van der Waals surface area (Å²) in [4.78, 5) is 4.81. The van der Waals surface area contributed by atoms with Crippen molar-refractivity contribution in [3.05, 3.63) is 29.0 Å². The number of aromatic nitrogens is 2. The average Bonchev–Trinajstić information content (AvgIpc) is 3.23. The third-order valence-corrected chi connectivity index (χ3v) is 4.29. The molecule has 2 fully saturated rings. The molecule has 0 spiro atoms. The van der Waals surface area contributed by atoms with E-state index in [2.05, 4.69) is 9.88 Å². The van der Waals surface area contributed by atoms with E-state index in [1.165, 1.54) is 18.4 Å². The minimum Gasteiger partial charge on any atom is -0.375 e. The van der Waals surface area contributed by atoms with Crippen molar-refractivity contribution in [2.75, 3.05) is 19.7 Å². The summed E-state index contributed by atoms with van der Waals surface area (Å²) >= 11 is 6.14. The van der Waals surface area contributed by atoms with Gasteiger partial charge < -0.3 is 14.6 Å². The van der Waals surface area contributed by atoms with Gasteiger partial charge in [-0.15, -0.1) is 0 Å². The summed E-state index contributed by atoms with van der Waals surface area (Å²) in [7, 11) is 0. The lowest BCUT2D eigenvalue weighted by atomic mass is 10.2. The maximum Gasteiger partial charge on any atom is 0.112 e. The topological polar surface area (TPSA) is 39.1 Å². The van der Waals surface area contributed by atoms with Gasteiger partial charge in [0.1, 0.15) is 5.82 Å². The van der Waals surface area contributed by atoms with E-state index in [0.717, 1.165) is 42.5 Å². The first kappa shape index (κ1) is 12.6. The molecule has 2 aromatic rings. The van der Waals surface area contributed by atoms with Gasteiger partial charge in [0.25, 0.3) is 0 Å². The van der Waals surface area contributed by atoms with Crippen LogP contribution in [0.15, 0.2) is 18.2 Å². The SMILES string of the molecule is Clc1ccc2nc(CC3CNCCO3)n(C3CC3)c2c1. The van der Waals surface area contributed by atoms with Crippen LogP contribution in [0.25, 0.3) is 11.0 Å². The number of imidazole rings is 1. The Morgan fingerprint density at radius 2 is 2.30 bits per heavy atom. The maximum absolute atomic E-state index is 6.14. The average molecular weight is 292 g/mol. The molecule has 4 rings (SSSR count). The van der Waals surface area contributed by atoms with Gasteiger partial charge in [-0.05, 0) is 31.0 Å². The smallest absolute Gasteiger partial charge is 0.112 e. The second-order valence-corrected chi connectivity index (χ2v) is 6.10. The highest BCUT2D eigenvalue weighted by Crippen LogP contribution is 2.39. The summed E-state index contributed by atoms with van der Waals surface area (Å²) < 4.78 is 8.19. The Kier molecular flexibility index (Phi) is 3.17. The monoisotopic (exact) mass is 291 g/mol. The summed E-state index contributed by atoms with van der Waals surface area (Å²) in [5.41, 5.74) is 2.21. The zero-order valence-electron chi connectivity index (χ0n) is 11.3. The molecule has 106 valence electrons. The summed E-state index contributed by atoms with van der Waals surface area (Å²) in [6, 6.07) is 6.56. The van der Waals surface area contributed by atoms with E-state index in [-0.39, 0.29) is 6.10 Å². The number of benzene rings is 1. The van der Waals surface area contributed by atoms with Crippen molar-refractivity contribution in [1.82, 2.24) is 14.9 Å². The van der Waals surface area contributed by atoms with E-state index in [1.54, 1.807) is 0 Å². The van der Waals surface area contributed by atoms with Gasteiger partial charge >= 0.3 is 0 Å². The highest BCUT2D eigenvalue weighted by Gasteiger charge is 2.29. The van der Waals surface area contributed by atoms with Crippen LogP contribution in [0.1, 0.15) is 24.7 Å². The standard InChI is InChI=1S/C15H18ClN3O/c16-10-1-4-13-14(7-10)19(11-2-3-11)15(18-13)8-12-9-17-5-6-20-12/h1,4,7,11-12,17H,2-3,5-6,8-9H2. The van der Waals surface area contributed by atoms with E-state index in [4.69, 9.17) is 21.3 Å². The Morgan fingerprint density at radius 3 is 3.05 bits per heavy atom. The number of nitrogens with zero attached hydrogens (tertiary/aromatic N) is 2.